The molecule has 96 valence electrons. The van der Waals surface area contributed by atoms with Crippen LogP contribution >= 0.6 is 0 Å². The molecule has 1 atom stereocenters. The van der Waals surface area contributed by atoms with Crippen molar-refractivity contribution in [3.8, 4) is 0 Å². The lowest BCUT2D eigenvalue weighted by Gasteiger charge is -2.59. The minimum atomic E-state index is -0.773. The fraction of sp³-hybridized carbons (Fsp3) is 0.786. The summed E-state index contributed by atoms with van der Waals surface area (Å²) in [6, 6.07) is 0. The zero-order chi connectivity index (χ0) is 12.8. The molecule has 1 spiro atoms. The van der Waals surface area contributed by atoms with E-state index >= 15 is 0 Å². The summed E-state index contributed by atoms with van der Waals surface area (Å²) in [4.78, 5) is 12.5. The first-order chi connectivity index (χ1) is 7.76. The van der Waals surface area contributed by atoms with Crippen molar-refractivity contribution in [1.82, 2.24) is 4.90 Å². The van der Waals surface area contributed by atoms with E-state index in [0.717, 1.165) is 19.3 Å². The van der Waals surface area contributed by atoms with Crippen molar-refractivity contribution in [2.45, 2.75) is 40.0 Å². The Hall–Kier alpha value is -0.990. The number of nitrogens with zero attached hydrogens (tertiary/aromatic N) is 1. The topological polar surface area (TPSA) is 40.5 Å². The molecule has 1 saturated carbocycles. The monoisotopic (exact) mass is 237 g/mol. The summed E-state index contributed by atoms with van der Waals surface area (Å²) < 4.78 is 0. The molecule has 2 fully saturated rings. The van der Waals surface area contributed by atoms with Gasteiger partial charge in [0.1, 0.15) is 0 Å². The molecule has 0 radical (unpaired) electrons. The lowest BCUT2D eigenvalue weighted by atomic mass is 9.47. The largest absolute Gasteiger partial charge is 0.465 e. The average Bonchev–Trinajstić information content (AvgIpc) is 2.14. The molecule has 1 aliphatic heterocycles. The average molecular weight is 237 g/mol. The second-order valence-electron chi connectivity index (χ2n) is 6.77. The van der Waals surface area contributed by atoms with E-state index in [2.05, 4.69) is 27.4 Å². The van der Waals surface area contributed by atoms with Crippen LogP contribution in [0.25, 0.3) is 0 Å². The van der Waals surface area contributed by atoms with Crippen molar-refractivity contribution in [2.24, 2.45) is 16.7 Å². The molecule has 0 aromatic carbocycles. The predicted molar refractivity (Wildman–Crippen MR) is 68.0 cm³/mol. The molecule has 1 saturated heterocycles. The Kier molecular flexibility index (Phi) is 2.75. The molecule has 0 aromatic rings. The SMILES string of the molecule is C=C1CC2(CCN(C(=O)O)CC2)C1C(C)(C)C. The normalized spacial score (nSPS) is 28.1. The number of hydrogen-bond donors (Lipinski definition) is 1. The number of rotatable bonds is 0. The van der Waals surface area contributed by atoms with Crippen LogP contribution in [0.3, 0.4) is 0 Å². The van der Waals surface area contributed by atoms with Crippen molar-refractivity contribution < 1.29 is 9.90 Å². The molecule has 17 heavy (non-hydrogen) atoms. The molecule has 1 unspecified atom stereocenters. The molecule has 1 amide bonds. The lowest BCUT2D eigenvalue weighted by Crippen LogP contribution is -2.55. The van der Waals surface area contributed by atoms with Crippen LogP contribution in [-0.2, 0) is 0 Å². The van der Waals surface area contributed by atoms with E-state index in [9.17, 15) is 4.79 Å². The second-order valence-corrected chi connectivity index (χ2v) is 6.77. The van der Waals surface area contributed by atoms with Gasteiger partial charge in [-0.25, -0.2) is 4.79 Å². The van der Waals surface area contributed by atoms with Gasteiger partial charge in [-0.05, 0) is 36.0 Å². The minimum Gasteiger partial charge on any atom is -0.465 e. The number of piperidine rings is 1. The van der Waals surface area contributed by atoms with Gasteiger partial charge in [-0.2, -0.15) is 0 Å². The highest BCUT2D eigenvalue weighted by molar-refractivity contribution is 5.65. The molecule has 1 aliphatic carbocycles. The van der Waals surface area contributed by atoms with E-state index in [0.29, 0.717) is 24.4 Å². The Morgan fingerprint density at radius 2 is 1.94 bits per heavy atom. The van der Waals surface area contributed by atoms with Crippen molar-refractivity contribution in [3.05, 3.63) is 12.2 Å². The van der Waals surface area contributed by atoms with Crippen LogP contribution in [0.4, 0.5) is 4.79 Å². The van der Waals surface area contributed by atoms with E-state index in [4.69, 9.17) is 5.11 Å². The first-order valence-corrected chi connectivity index (χ1v) is 6.42. The Labute approximate surface area is 103 Å². The Balaban J connectivity index is 2.08. The maximum absolute atomic E-state index is 10.9. The van der Waals surface area contributed by atoms with Gasteiger partial charge in [-0.1, -0.05) is 32.9 Å². The maximum Gasteiger partial charge on any atom is 0.407 e. The van der Waals surface area contributed by atoms with Gasteiger partial charge in [0.25, 0.3) is 0 Å². The third-order valence-electron chi connectivity index (χ3n) is 4.50. The predicted octanol–water partition coefficient (Wildman–Crippen LogP) is 3.37. The number of carboxylic acid groups (broad SMARTS) is 1. The van der Waals surface area contributed by atoms with Crippen LogP contribution in [0.2, 0.25) is 0 Å². The summed E-state index contributed by atoms with van der Waals surface area (Å²) in [6.07, 6.45) is 2.33. The highest BCUT2D eigenvalue weighted by Crippen LogP contribution is 2.62. The number of likely N-dealkylation sites (tertiary alicyclic amines) is 1. The van der Waals surface area contributed by atoms with E-state index in [1.54, 1.807) is 4.90 Å². The minimum absolute atomic E-state index is 0.251. The van der Waals surface area contributed by atoms with Crippen molar-refractivity contribution in [1.29, 1.82) is 0 Å². The van der Waals surface area contributed by atoms with Crippen LogP contribution in [0, 0.1) is 16.7 Å². The highest BCUT2D eigenvalue weighted by atomic mass is 16.4. The van der Waals surface area contributed by atoms with E-state index in [1.165, 1.54) is 5.57 Å². The first-order valence-electron chi connectivity index (χ1n) is 6.42. The Morgan fingerprint density at radius 1 is 1.41 bits per heavy atom. The molecule has 1 N–H and O–H groups in total. The van der Waals surface area contributed by atoms with Gasteiger partial charge >= 0.3 is 6.09 Å². The first kappa shape index (κ1) is 12.5. The lowest BCUT2D eigenvalue weighted by molar-refractivity contribution is -0.0327. The molecular weight excluding hydrogens is 214 g/mol. The van der Waals surface area contributed by atoms with Gasteiger partial charge in [0.15, 0.2) is 0 Å². The van der Waals surface area contributed by atoms with E-state index in [-0.39, 0.29) is 5.41 Å². The van der Waals surface area contributed by atoms with Gasteiger partial charge in [-0.15, -0.1) is 0 Å². The van der Waals surface area contributed by atoms with Crippen LogP contribution < -0.4 is 0 Å². The third-order valence-corrected chi connectivity index (χ3v) is 4.50. The number of carbonyl (C=O) groups is 1. The molecule has 3 nitrogen and oxygen atoms in total. The molecule has 1 heterocycles. The molecule has 0 bridgehead atoms. The van der Waals surface area contributed by atoms with Crippen LogP contribution in [0.1, 0.15) is 40.0 Å². The van der Waals surface area contributed by atoms with Crippen molar-refractivity contribution in [3.63, 3.8) is 0 Å². The summed E-state index contributed by atoms with van der Waals surface area (Å²) >= 11 is 0. The standard InChI is InChI=1S/C14H23NO2/c1-10-9-14(11(10)13(2,3)4)5-7-15(8-6-14)12(16)17/h11H,1,5-9H2,2-4H3,(H,16,17). The van der Waals surface area contributed by atoms with Crippen molar-refractivity contribution in [2.75, 3.05) is 13.1 Å². The smallest absolute Gasteiger partial charge is 0.407 e. The molecule has 2 aliphatic rings. The van der Waals surface area contributed by atoms with E-state index < -0.39 is 6.09 Å². The van der Waals surface area contributed by atoms with Gasteiger partial charge in [-0.3, -0.25) is 0 Å². The van der Waals surface area contributed by atoms with Gasteiger partial charge in [0, 0.05) is 13.1 Å². The summed E-state index contributed by atoms with van der Waals surface area (Å²) in [6.45, 7) is 12.4. The second kappa shape index (κ2) is 3.76. The zero-order valence-corrected chi connectivity index (χ0v) is 11.1. The third kappa shape index (κ3) is 1.96. The fourth-order valence-corrected chi connectivity index (χ4v) is 4.10. The Bertz CT molecular complexity index is 346. The number of amides is 1. The highest BCUT2D eigenvalue weighted by Gasteiger charge is 2.54. The van der Waals surface area contributed by atoms with Gasteiger partial charge < -0.3 is 10.0 Å². The molecular formula is C14H23NO2. The summed E-state index contributed by atoms with van der Waals surface area (Å²) in [5.74, 6) is 0.561. The van der Waals surface area contributed by atoms with Crippen LogP contribution in [0.5, 0.6) is 0 Å². The molecule has 0 aromatic heterocycles. The van der Waals surface area contributed by atoms with Crippen molar-refractivity contribution >= 4 is 6.09 Å². The maximum atomic E-state index is 10.9. The number of allylic oxidation sites excluding steroid dienone is 1. The summed E-state index contributed by atoms with van der Waals surface area (Å²) in [5.41, 5.74) is 1.95. The molecule has 2 rings (SSSR count). The van der Waals surface area contributed by atoms with Crippen LogP contribution in [0.15, 0.2) is 12.2 Å². The fourth-order valence-electron chi connectivity index (χ4n) is 4.10. The van der Waals surface area contributed by atoms with Crippen LogP contribution in [-0.4, -0.2) is 29.2 Å². The Morgan fingerprint density at radius 3 is 2.29 bits per heavy atom. The van der Waals surface area contributed by atoms with Gasteiger partial charge in [0.05, 0.1) is 0 Å². The summed E-state index contributed by atoms with van der Waals surface area (Å²) in [7, 11) is 0. The van der Waals surface area contributed by atoms with Gasteiger partial charge in [0.2, 0.25) is 0 Å². The quantitative estimate of drug-likeness (QED) is 0.656. The molecule has 3 heteroatoms. The zero-order valence-electron chi connectivity index (χ0n) is 11.1. The number of hydrogen-bond acceptors (Lipinski definition) is 1. The van der Waals surface area contributed by atoms with E-state index in [1.807, 2.05) is 0 Å². The summed E-state index contributed by atoms with van der Waals surface area (Å²) in [5, 5.41) is 8.99.